The number of carbonyl (C=O) groups excluding carboxylic acids is 1. The van der Waals surface area contributed by atoms with Crippen molar-refractivity contribution in [2.45, 2.75) is 19.4 Å². The predicted molar refractivity (Wildman–Crippen MR) is 101 cm³/mol. The maximum Gasteiger partial charge on any atom is 0.246 e. The molecule has 0 aliphatic carbocycles. The topological polar surface area (TPSA) is 99.1 Å². The van der Waals surface area contributed by atoms with E-state index in [2.05, 4.69) is 15.4 Å². The third kappa shape index (κ3) is 4.30. The molecule has 1 amide bonds. The number of aliphatic hydroxyl groups is 1. The molecule has 3 heterocycles. The van der Waals surface area contributed by atoms with Crippen LogP contribution in [0.15, 0.2) is 40.2 Å². The van der Waals surface area contributed by atoms with Crippen LogP contribution in [-0.2, 0) is 17.4 Å². The van der Waals surface area contributed by atoms with Gasteiger partial charge in [-0.2, -0.15) is 5.10 Å². The highest BCUT2D eigenvalue weighted by Gasteiger charge is 2.30. The first-order valence-electron chi connectivity index (χ1n) is 8.99. The van der Waals surface area contributed by atoms with Gasteiger partial charge in [-0.1, -0.05) is 0 Å². The molecular formula is C18H26N6O3. The normalized spacial score (nSPS) is 17.9. The Morgan fingerprint density at radius 2 is 2.30 bits per heavy atom. The number of carbonyl (C=O) groups is 1. The van der Waals surface area contributed by atoms with E-state index in [-0.39, 0.29) is 19.0 Å². The van der Waals surface area contributed by atoms with Crippen molar-refractivity contribution in [3.63, 3.8) is 0 Å². The van der Waals surface area contributed by atoms with E-state index in [4.69, 9.17) is 4.42 Å². The summed E-state index contributed by atoms with van der Waals surface area (Å²) >= 11 is 0. The fourth-order valence-electron chi connectivity index (χ4n) is 2.99. The average Bonchev–Trinajstić information content (AvgIpc) is 3.30. The molecule has 0 spiro atoms. The highest BCUT2D eigenvalue weighted by atomic mass is 16.4. The number of aliphatic imine (C=N–C) groups is 1. The molecule has 0 bridgehead atoms. The van der Waals surface area contributed by atoms with Crippen molar-refractivity contribution in [2.24, 2.45) is 12.0 Å². The van der Waals surface area contributed by atoms with Crippen LogP contribution in [-0.4, -0.2) is 64.4 Å². The highest BCUT2D eigenvalue weighted by Crippen LogP contribution is 2.21. The molecular weight excluding hydrogens is 348 g/mol. The van der Waals surface area contributed by atoms with Gasteiger partial charge in [-0.15, -0.1) is 0 Å². The number of rotatable bonds is 5. The number of hydrogen-bond donors (Lipinski definition) is 2. The Balaban J connectivity index is 1.69. The molecule has 1 fully saturated rings. The number of piperazine rings is 1. The fraction of sp³-hybridized carbons (Fsp3) is 0.500. The molecule has 1 aliphatic rings. The molecule has 2 N–H and O–H groups in total. The summed E-state index contributed by atoms with van der Waals surface area (Å²) in [5.41, 5.74) is -0.420. The van der Waals surface area contributed by atoms with Crippen LogP contribution >= 0.6 is 0 Å². The quantitative estimate of drug-likeness (QED) is 0.585. The monoisotopic (exact) mass is 374 g/mol. The Hall–Kier alpha value is -2.81. The summed E-state index contributed by atoms with van der Waals surface area (Å²) in [5, 5.41) is 17.9. The highest BCUT2D eigenvalue weighted by molar-refractivity contribution is 5.98. The van der Waals surface area contributed by atoms with Crippen LogP contribution in [0.3, 0.4) is 0 Å². The Bertz CT molecular complexity index is 796. The number of aryl methyl sites for hydroxylation is 1. The molecule has 3 rings (SSSR count). The minimum Gasteiger partial charge on any atom is -0.466 e. The summed E-state index contributed by atoms with van der Waals surface area (Å²) in [6.07, 6.45) is 5.04. The SMILES string of the molecule is CCNC(=NCC(C)(O)c1ccco1)N1CCN(c2cnn(C)c2)C(=O)C1. The second-order valence-corrected chi connectivity index (χ2v) is 6.76. The molecule has 2 aromatic heterocycles. The molecule has 1 atom stereocenters. The van der Waals surface area contributed by atoms with Crippen molar-refractivity contribution in [2.75, 3.05) is 37.6 Å². The summed E-state index contributed by atoms with van der Waals surface area (Å²) in [7, 11) is 1.82. The first kappa shape index (κ1) is 19.0. The van der Waals surface area contributed by atoms with Gasteiger partial charge in [-0.3, -0.25) is 9.48 Å². The third-order valence-corrected chi connectivity index (χ3v) is 4.45. The van der Waals surface area contributed by atoms with Crippen molar-refractivity contribution in [1.82, 2.24) is 20.0 Å². The van der Waals surface area contributed by atoms with Gasteiger partial charge in [0.05, 0.1) is 24.7 Å². The van der Waals surface area contributed by atoms with Gasteiger partial charge in [-0.25, -0.2) is 4.99 Å². The summed E-state index contributed by atoms with van der Waals surface area (Å²) in [6, 6.07) is 3.45. The van der Waals surface area contributed by atoms with Crippen molar-refractivity contribution < 1.29 is 14.3 Å². The van der Waals surface area contributed by atoms with Crippen molar-refractivity contribution in [1.29, 1.82) is 0 Å². The zero-order chi connectivity index (χ0) is 19.4. The second kappa shape index (κ2) is 7.83. The molecule has 2 aromatic rings. The van der Waals surface area contributed by atoms with Crippen LogP contribution in [0, 0.1) is 0 Å². The molecule has 1 saturated heterocycles. The van der Waals surface area contributed by atoms with Crippen molar-refractivity contribution >= 4 is 17.6 Å². The summed E-state index contributed by atoms with van der Waals surface area (Å²) < 4.78 is 6.97. The summed E-state index contributed by atoms with van der Waals surface area (Å²) in [5.74, 6) is 1.04. The average molecular weight is 374 g/mol. The zero-order valence-electron chi connectivity index (χ0n) is 15.9. The van der Waals surface area contributed by atoms with Gasteiger partial charge < -0.3 is 24.6 Å². The van der Waals surface area contributed by atoms with Gasteiger partial charge in [0, 0.05) is 32.9 Å². The molecule has 0 aromatic carbocycles. The number of amides is 1. The number of nitrogens with one attached hydrogen (secondary N) is 1. The smallest absolute Gasteiger partial charge is 0.246 e. The standard InChI is InChI=1S/C18H26N6O3/c1-4-19-17(20-13-18(2,26)15-6-5-9-27-15)23-7-8-24(16(25)12-23)14-10-21-22(3)11-14/h5-6,9-11,26H,4,7-8,12-13H2,1-3H3,(H,19,20). The van der Waals surface area contributed by atoms with Crippen LogP contribution in [0.4, 0.5) is 5.69 Å². The lowest BCUT2D eigenvalue weighted by Crippen LogP contribution is -2.55. The molecule has 9 heteroatoms. The maximum atomic E-state index is 12.6. The first-order valence-corrected chi connectivity index (χ1v) is 8.99. The maximum absolute atomic E-state index is 12.6. The lowest BCUT2D eigenvalue weighted by atomic mass is 10.0. The molecule has 0 radical (unpaired) electrons. The minimum absolute atomic E-state index is 0.0161. The largest absolute Gasteiger partial charge is 0.466 e. The van der Waals surface area contributed by atoms with Crippen LogP contribution in [0.2, 0.25) is 0 Å². The van der Waals surface area contributed by atoms with Crippen LogP contribution in [0.25, 0.3) is 0 Å². The number of furan rings is 1. The van der Waals surface area contributed by atoms with E-state index in [0.29, 0.717) is 31.4 Å². The van der Waals surface area contributed by atoms with E-state index < -0.39 is 5.60 Å². The molecule has 1 aliphatic heterocycles. The molecule has 1 unspecified atom stereocenters. The van der Waals surface area contributed by atoms with Gasteiger partial charge in [0.15, 0.2) is 5.96 Å². The lowest BCUT2D eigenvalue weighted by Gasteiger charge is -2.35. The van der Waals surface area contributed by atoms with Crippen molar-refractivity contribution in [3.05, 3.63) is 36.5 Å². The van der Waals surface area contributed by atoms with E-state index in [0.717, 1.165) is 5.69 Å². The predicted octanol–water partition coefficient (Wildman–Crippen LogP) is 0.535. The fourth-order valence-corrected chi connectivity index (χ4v) is 2.99. The van der Waals surface area contributed by atoms with Gasteiger partial charge in [0.2, 0.25) is 5.91 Å². The number of hydrogen-bond acceptors (Lipinski definition) is 5. The number of anilines is 1. The molecule has 9 nitrogen and oxygen atoms in total. The van der Waals surface area contributed by atoms with Crippen molar-refractivity contribution in [3.8, 4) is 0 Å². The van der Waals surface area contributed by atoms with E-state index in [9.17, 15) is 9.90 Å². The number of guanidine groups is 1. The lowest BCUT2D eigenvalue weighted by molar-refractivity contribution is -0.120. The first-order chi connectivity index (χ1) is 12.9. The molecule has 27 heavy (non-hydrogen) atoms. The Kier molecular flexibility index (Phi) is 5.50. The Morgan fingerprint density at radius 3 is 2.89 bits per heavy atom. The van der Waals surface area contributed by atoms with Gasteiger partial charge in [0.25, 0.3) is 0 Å². The van der Waals surface area contributed by atoms with Gasteiger partial charge in [0.1, 0.15) is 17.9 Å². The third-order valence-electron chi connectivity index (χ3n) is 4.45. The van der Waals surface area contributed by atoms with Crippen LogP contribution in [0.5, 0.6) is 0 Å². The van der Waals surface area contributed by atoms with E-state index in [1.165, 1.54) is 6.26 Å². The second-order valence-electron chi connectivity index (χ2n) is 6.76. The van der Waals surface area contributed by atoms with Gasteiger partial charge in [-0.05, 0) is 26.0 Å². The van der Waals surface area contributed by atoms with E-state index >= 15 is 0 Å². The molecule has 0 saturated carbocycles. The Labute approximate surface area is 158 Å². The number of nitrogens with zero attached hydrogens (tertiary/aromatic N) is 5. The zero-order valence-corrected chi connectivity index (χ0v) is 15.9. The summed E-state index contributed by atoms with van der Waals surface area (Å²) in [4.78, 5) is 20.8. The van der Waals surface area contributed by atoms with Crippen LogP contribution < -0.4 is 10.2 Å². The summed E-state index contributed by atoms with van der Waals surface area (Å²) in [6.45, 7) is 5.80. The van der Waals surface area contributed by atoms with Gasteiger partial charge >= 0.3 is 0 Å². The Morgan fingerprint density at radius 1 is 1.48 bits per heavy atom. The van der Waals surface area contributed by atoms with E-state index in [1.807, 2.05) is 25.1 Å². The van der Waals surface area contributed by atoms with Crippen LogP contribution in [0.1, 0.15) is 19.6 Å². The van der Waals surface area contributed by atoms with E-state index in [1.54, 1.807) is 34.8 Å². The molecule has 146 valence electrons. The minimum atomic E-state index is -1.22. The number of aromatic nitrogens is 2.